The number of benzene rings is 2. The lowest BCUT2D eigenvalue weighted by Crippen LogP contribution is -2.58. The number of aliphatic imine (C=N–C) groups is 1. The highest BCUT2D eigenvalue weighted by molar-refractivity contribution is 14.0. The fourth-order valence-corrected chi connectivity index (χ4v) is 4.45. The zero-order valence-corrected chi connectivity index (χ0v) is 22.0. The summed E-state index contributed by atoms with van der Waals surface area (Å²) in [5.41, 5.74) is 3.33. The SMILES string of the molecule is CN=C(NCc1oc2ccccc2c1C)NCC1(NC(C)c2ccccc2)CCOCC1.I. The molecule has 33 heavy (non-hydrogen) atoms. The molecule has 1 aliphatic rings. The van der Waals surface area contributed by atoms with Crippen molar-refractivity contribution >= 4 is 40.9 Å². The van der Waals surface area contributed by atoms with Crippen LogP contribution in [0.15, 0.2) is 64.0 Å². The minimum absolute atomic E-state index is 0. The number of guanidine groups is 1. The Morgan fingerprint density at radius 3 is 2.42 bits per heavy atom. The molecule has 1 unspecified atom stereocenters. The highest BCUT2D eigenvalue weighted by Gasteiger charge is 2.34. The van der Waals surface area contributed by atoms with Crippen molar-refractivity contribution < 1.29 is 9.15 Å². The molecule has 7 heteroatoms. The van der Waals surface area contributed by atoms with E-state index in [0.717, 1.165) is 55.3 Å². The summed E-state index contributed by atoms with van der Waals surface area (Å²) >= 11 is 0. The van der Waals surface area contributed by atoms with Crippen LogP contribution in [0.2, 0.25) is 0 Å². The number of halogens is 1. The predicted molar refractivity (Wildman–Crippen MR) is 145 cm³/mol. The third kappa shape index (κ3) is 6.28. The van der Waals surface area contributed by atoms with E-state index in [1.54, 1.807) is 7.05 Å². The summed E-state index contributed by atoms with van der Waals surface area (Å²) in [5, 5.41) is 12.0. The molecule has 2 aromatic carbocycles. The number of aryl methyl sites for hydroxylation is 1. The van der Waals surface area contributed by atoms with Gasteiger partial charge in [0, 0.05) is 49.3 Å². The summed E-state index contributed by atoms with van der Waals surface area (Å²) in [5.74, 6) is 1.70. The first-order chi connectivity index (χ1) is 15.6. The standard InChI is InChI=1S/C26H34N4O2.HI/c1-19-22-11-7-8-12-23(22)32-24(19)17-28-25(27-3)29-18-26(13-15-31-16-14-26)30-20(2)21-9-5-4-6-10-21;/h4-12,20,30H,13-18H2,1-3H3,(H2,27,28,29);1H. The Kier molecular flexibility index (Phi) is 9.17. The molecule has 0 bridgehead atoms. The number of furan rings is 1. The first-order valence-corrected chi connectivity index (χ1v) is 11.4. The van der Waals surface area contributed by atoms with Crippen LogP contribution in [0.3, 0.4) is 0 Å². The van der Waals surface area contributed by atoms with Gasteiger partial charge in [0.25, 0.3) is 0 Å². The largest absolute Gasteiger partial charge is 0.459 e. The molecule has 6 nitrogen and oxygen atoms in total. The van der Waals surface area contributed by atoms with Crippen molar-refractivity contribution in [3.63, 3.8) is 0 Å². The number of rotatable bonds is 7. The van der Waals surface area contributed by atoms with Gasteiger partial charge in [-0.1, -0.05) is 48.5 Å². The van der Waals surface area contributed by atoms with Crippen LogP contribution in [0.1, 0.15) is 42.7 Å². The minimum Gasteiger partial charge on any atom is -0.459 e. The molecule has 3 aromatic rings. The second-order valence-electron chi connectivity index (χ2n) is 8.60. The van der Waals surface area contributed by atoms with E-state index in [4.69, 9.17) is 9.15 Å². The van der Waals surface area contributed by atoms with Gasteiger partial charge in [-0.2, -0.15) is 0 Å². The molecule has 1 fully saturated rings. The molecule has 0 spiro atoms. The number of hydrogen-bond acceptors (Lipinski definition) is 4. The van der Waals surface area contributed by atoms with E-state index in [1.165, 1.54) is 11.1 Å². The van der Waals surface area contributed by atoms with E-state index in [1.807, 2.05) is 18.2 Å². The fourth-order valence-electron chi connectivity index (χ4n) is 4.45. The van der Waals surface area contributed by atoms with Gasteiger partial charge in [0.2, 0.25) is 0 Å². The molecule has 0 saturated carbocycles. The Labute approximate surface area is 213 Å². The lowest BCUT2D eigenvalue weighted by atomic mass is 9.88. The molecular weight excluding hydrogens is 527 g/mol. The molecule has 1 aliphatic heterocycles. The molecule has 1 aromatic heterocycles. The summed E-state index contributed by atoms with van der Waals surface area (Å²) in [6.07, 6.45) is 1.91. The highest BCUT2D eigenvalue weighted by atomic mass is 127. The molecular formula is C26H35IN4O2. The van der Waals surface area contributed by atoms with E-state index in [9.17, 15) is 0 Å². The van der Waals surface area contributed by atoms with Crippen molar-refractivity contribution in [2.45, 2.75) is 44.8 Å². The Balaban J connectivity index is 0.00000306. The van der Waals surface area contributed by atoms with Gasteiger partial charge in [0.1, 0.15) is 11.3 Å². The normalized spacial score (nSPS) is 16.8. The summed E-state index contributed by atoms with van der Waals surface area (Å²) in [6, 6.07) is 19.0. The second kappa shape index (κ2) is 11.9. The number of ether oxygens (including phenoxy) is 1. The molecule has 0 amide bonds. The lowest BCUT2D eigenvalue weighted by molar-refractivity contribution is 0.0355. The van der Waals surface area contributed by atoms with Gasteiger partial charge in [0.05, 0.1) is 6.54 Å². The Morgan fingerprint density at radius 2 is 1.73 bits per heavy atom. The van der Waals surface area contributed by atoms with E-state index in [0.29, 0.717) is 6.54 Å². The third-order valence-corrected chi connectivity index (χ3v) is 6.45. The quantitative estimate of drug-likeness (QED) is 0.217. The third-order valence-electron chi connectivity index (χ3n) is 6.45. The molecule has 2 heterocycles. The number of nitrogens with one attached hydrogen (secondary N) is 3. The Bertz CT molecular complexity index is 1040. The van der Waals surface area contributed by atoms with Crippen molar-refractivity contribution in [2.24, 2.45) is 4.99 Å². The molecule has 0 radical (unpaired) electrons. The van der Waals surface area contributed by atoms with Crippen LogP contribution in [0.5, 0.6) is 0 Å². The lowest BCUT2D eigenvalue weighted by Gasteiger charge is -2.41. The first-order valence-electron chi connectivity index (χ1n) is 11.4. The number of para-hydroxylation sites is 1. The molecule has 1 saturated heterocycles. The van der Waals surface area contributed by atoms with Crippen molar-refractivity contribution in [1.82, 2.24) is 16.0 Å². The van der Waals surface area contributed by atoms with Gasteiger partial charge in [-0.05, 0) is 38.3 Å². The molecule has 4 rings (SSSR count). The predicted octanol–water partition coefficient (Wildman–Crippen LogP) is 4.92. The fraction of sp³-hybridized carbons (Fsp3) is 0.423. The summed E-state index contributed by atoms with van der Waals surface area (Å²) in [4.78, 5) is 4.43. The molecule has 0 aliphatic carbocycles. The monoisotopic (exact) mass is 562 g/mol. The van der Waals surface area contributed by atoms with Crippen LogP contribution in [0.25, 0.3) is 11.0 Å². The van der Waals surface area contributed by atoms with Gasteiger partial charge < -0.3 is 25.1 Å². The summed E-state index contributed by atoms with van der Waals surface area (Å²) in [6.45, 7) is 7.21. The van der Waals surface area contributed by atoms with Gasteiger partial charge in [0.15, 0.2) is 5.96 Å². The van der Waals surface area contributed by atoms with E-state index >= 15 is 0 Å². The van der Waals surface area contributed by atoms with Crippen LogP contribution >= 0.6 is 24.0 Å². The maximum Gasteiger partial charge on any atom is 0.191 e. The second-order valence-corrected chi connectivity index (χ2v) is 8.60. The maximum absolute atomic E-state index is 6.04. The average molecular weight is 562 g/mol. The minimum atomic E-state index is -0.0552. The van der Waals surface area contributed by atoms with Crippen LogP contribution in [0.4, 0.5) is 0 Å². The van der Waals surface area contributed by atoms with Crippen molar-refractivity contribution in [2.75, 3.05) is 26.8 Å². The number of hydrogen-bond donors (Lipinski definition) is 3. The number of nitrogens with zero attached hydrogens (tertiary/aromatic N) is 1. The summed E-state index contributed by atoms with van der Waals surface area (Å²) < 4.78 is 11.7. The van der Waals surface area contributed by atoms with Gasteiger partial charge >= 0.3 is 0 Å². The van der Waals surface area contributed by atoms with Gasteiger partial charge in [-0.25, -0.2) is 0 Å². The van der Waals surface area contributed by atoms with E-state index in [-0.39, 0.29) is 35.6 Å². The van der Waals surface area contributed by atoms with Crippen LogP contribution < -0.4 is 16.0 Å². The van der Waals surface area contributed by atoms with E-state index < -0.39 is 0 Å². The number of fused-ring (bicyclic) bond motifs is 1. The summed E-state index contributed by atoms with van der Waals surface area (Å²) in [7, 11) is 1.80. The van der Waals surface area contributed by atoms with Crippen LogP contribution in [0, 0.1) is 6.92 Å². The molecule has 1 atom stereocenters. The van der Waals surface area contributed by atoms with Crippen molar-refractivity contribution in [3.05, 3.63) is 71.5 Å². The average Bonchev–Trinajstić information content (AvgIpc) is 3.16. The van der Waals surface area contributed by atoms with Gasteiger partial charge in [-0.15, -0.1) is 24.0 Å². The van der Waals surface area contributed by atoms with Crippen LogP contribution in [-0.2, 0) is 11.3 Å². The maximum atomic E-state index is 6.04. The molecule has 3 N–H and O–H groups in total. The van der Waals surface area contributed by atoms with E-state index in [2.05, 4.69) is 71.2 Å². The van der Waals surface area contributed by atoms with Crippen molar-refractivity contribution in [1.29, 1.82) is 0 Å². The topological polar surface area (TPSA) is 70.8 Å². The Hall–Kier alpha value is -2.10. The highest BCUT2D eigenvalue weighted by Crippen LogP contribution is 2.26. The van der Waals surface area contributed by atoms with Crippen molar-refractivity contribution in [3.8, 4) is 0 Å². The smallest absolute Gasteiger partial charge is 0.191 e. The van der Waals surface area contributed by atoms with Gasteiger partial charge in [-0.3, -0.25) is 4.99 Å². The zero-order chi connectivity index (χ0) is 22.4. The molecule has 178 valence electrons. The Morgan fingerprint density at radius 1 is 1.03 bits per heavy atom. The van der Waals surface area contributed by atoms with Crippen LogP contribution in [-0.4, -0.2) is 38.3 Å². The first kappa shape index (κ1) is 25.5. The zero-order valence-electron chi connectivity index (χ0n) is 19.7.